The first kappa shape index (κ1) is 15.3. The van der Waals surface area contributed by atoms with E-state index in [1.54, 1.807) is 0 Å². The van der Waals surface area contributed by atoms with Crippen molar-refractivity contribution in [3.63, 3.8) is 0 Å². The smallest absolute Gasteiger partial charge is 0.123 e. The molecule has 20 heavy (non-hydrogen) atoms. The Morgan fingerprint density at radius 3 is 2.70 bits per heavy atom. The van der Waals surface area contributed by atoms with E-state index in [2.05, 4.69) is 18.3 Å². The number of para-hydroxylation sites is 1. The van der Waals surface area contributed by atoms with Crippen LogP contribution < -0.4 is 10.1 Å². The second-order valence-corrected chi connectivity index (χ2v) is 5.86. The third kappa shape index (κ3) is 4.50. The van der Waals surface area contributed by atoms with Gasteiger partial charge in [-0.15, -0.1) is 0 Å². The zero-order valence-corrected chi connectivity index (χ0v) is 12.5. The minimum absolute atomic E-state index is 0.414. The Kier molecular flexibility index (Phi) is 5.86. The first-order valence-corrected chi connectivity index (χ1v) is 7.87. The molecule has 1 aromatic carbocycles. The second-order valence-electron chi connectivity index (χ2n) is 5.86. The minimum Gasteiger partial charge on any atom is -0.490 e. The van der Waals surface area contributed by atoms with Crippen molar-refractivity contribution >= 4 is 0 Å². The van der Waals surface area contributed by atoms with Crippen LogP contribution in [0.4, 0.5) is 0 Å². The maximum atomic E-state index is 10.5. The molecule has 0 spiro atoms. The second kappa shape index (κ2) is 7.65. The summed E-state index contributed by atoms with van der Waals surface area (Å²) in [5.41, 5.74) is 0.544. The Morgan fingerprint density at radius 2 is 1.95 bits per heavy atom. The zero-order chi connectivity index (χ0) is 14.3. The molecule has 2 rings (SSSR count). The minimum atomic E-state index is -0.623. The number of benzene rings is 1. The van der Waals surface area contributed by atoms with Gasteiger partial charge in [-0.3, -0.25) is 0 Å². The molecule has 1 aliphatic rings. The fourth-order valence-corrected chi connectivity index (χ4v) is 2.76. The van der Waals surface area contributed by atoms with Gasteiger partial charge in [0.25, 0.3) is 0 Å². The number of hydrogen-bond donors (Lipinski definition) is 2. The summed E-state index contributed by atoms with van der Waals surface area (Å²) in [6.07, 6.45) is 6.31. The van der Waals surface area contributed by atoms with Crippen LogP contribution in [-0.2, 0) is 6.54 Å². The standard InChI is InChI=1S/C17H27NO2/c1-2-12-18-13-15-8-4-5-9-16(15)20-14-17(19)10-6-3-7-11-17/h4-5,8-9,18-19H,2-3,6-7,10-14H2,1H3. The lowest BCUT2D eigenvalue weighted by atomic mass is 9.85. The Labute approximate surface area is 122 Å². The van der Waals surface area contributed by atoms with Crippen molar-refractivity contribution in [3.8, 4) is 5.75 Å². The fourth-order valence-electron chi connectivity index (χ4n) is 2.76. The van der Waals surface area contributed by atoms with Crippen molar-refractivity contribution in [1.82, 2.24) is 5.32 Å². The average Bonchev–Trinajstić information content (AvgIpc) is 2.47. The number of nitrogens with one attached hydrogen (secondary N) is 1. The fraction of sp³-hybridized carbons (Fsp3) is 0.647. The van der Waals surface area contributed by atoms with E-state index in [0.29, 0.717) is 6.61 Å². The molecule has 3 nitrogen and oxygen atoms in total. The summed E-state index contributed by atoms with van der Waals surface area (Å²) in [7, 11) is 0. The predicted molar refractivity (Wildman–Crippen MR) is 82.0 cm³/mol. The van der Waals surface area contributed by atoms with Gasteiger partial charge in [-0.1, -0.05) is 44.4 Å². The van der Waals surface area contributed by atoms with Gasteiger partial charge in [0.1, 0.15) is 12.4 Å². The molecule has 1 fully saturated rings. The number of hydrogen-bond acceptors (Lipinski definition) is 3. The van der Waals surface area contributed by atoms with Crippen molar-refractivity contribution in [2.75, 3.05) is 13.2 Å². The molecule has 1 aromatic rings. The van der Waals surface area contributed by atoms with Crippen LogP contribution in [-0.4, -0.2) is 23.9 Å². The van der Waals surface area contributed by atoms with E-state index in [1.165, 1.54) is 12.0 Å². The van der Waals surface area contributed by atoms with Gasteiger partial charge >= 0.3 is 0 Å². The van der Waals surface area contributed by atoms with Gasteiger partial charge in [-0.05, 0) is 31.9 Å². The van der Waals surface area contributed by atoms with Crippen molar-refractivity contribution in [2.45, 2.75) is 57.6 Å². The van der Waals surface area contributed by atoms with Crippen molar-refractivity contribution in [2.24, 2.45) is 0 Å². The quantitative estimate of drug-likeness (QED) is 0.752. The molecule has 0 radical (unpaired) electrons. The van der Waals surface area contributed by atoms with Crippen molar-refractivity contribution in [1.29, 1.82) is 0 Å². The Hall–Kier alpha value is -1.06. The van der Waals surface area contributed by atoms with E-state index in [1.807, 2.05) is 18.2 Å². The molecule has 0 atom stereocenters. The third-order valence-corrected chi connectivity index (χ3v) is 4.00. The van der Waals surface area contributed by atoms with E-state index in [0.717, 1.165) is 50.9 Å². The first-order valence-electron chi connectivity index (χ1n) is 7.87. The molecule has 1 saturated carbocycles. The molecule has 0 bridgehead atoms. The summed E-state index contributed by atoms with van der Waals surface area (Å²) in [4.78, 5) is 0. The van der Waals surface area contributed by atoms with Gasteiger partial charge in [0.05, 0.1) is 5.60 Å². The van der Waals surface area contributed by atoms with Crippen molar-refractivity contribution < 1.29 is 9.84 Å². The SMILES string of the molecule is CCCNCc1ccccc1OCC1(O)CCCCC1. The van der Waals surface area contributed by atoms with Gasteiger partial charge in [0.2, 0.25) is 0 Å². The highest BCUT2D eigenvalue weighted by atomic mass is 16.5. The Bertz CT molecular complexity index is 400. The first-order chi connectivity index (χ1) is 9.73. The van der Waals surface area contributed by atoms with Gasteiger partial charge in [-0.2, -0.15) is 0 Å². The highest BCUT2D eigenvalue weighted by Crippen LogP contribution is 2.29. The lowest BCUT2D eigenvalue weighted by Gasteiger charge is -2.32. The van der Waals surface area contributed by atoms with Gasteiger partial charge in [0.15, 0.2) is 0 Å². The number of aliphatic hydroxyl groups is 1. The van der Waals surface area contributed by atoms with Crippen LogP contribution in [0.15, 0.2) is 24.3 Å². The summed E-state index contributed by atoms with van der Waals surface area (Å²) in [6, 6.07) is 8.10. The molecule has 0 heterocycles. The Morgan fingerprint density at radius 1 is 1.20 bits per heavy atom. The zero-order valence-electron chi connectivity index (χ0n) is 12.5. The average molecular weight is 277 g/mol. The van der Waals surface area contributed by atoms with Crippen LogP contribution in [0.1, 0.15) is 51.0 Å². The monoisotopic (exact) mass is 277 g/mol. The van der Waals surface area contributed by atoms with E-state index in [4.69, 9.17) is 4.74 Å². The summed E-state index contributed by atoms with van der Waals surface area (Å²) in [6.45, 7) is 4.41. The van der Waals surface area contributed by atoms with Crippen LogP contribution >= 0.6 is 0 Å². The van der Waals surface area contributed by atoms with Crippen LogP contribution in [0.2, 0.25) is 0 Å². The lowest BCUT2D eigenvalue weighted by Crippen LogP contribution is -2.38. The Balaban J connectivity index is 1.91. The topological polar surface area (TPSA) is 41.5 Å². The number of ether oxygens (including phenoxy) is 1. The highest BCUT2D eigenvalue weighted by molar-refractivity contribution is 5.33. The lowest BCUT2D eigenvalue weighted by molar-refractivity contribution is -0.0341. The van der Waals surface area contributed by atoms with Crippen LogP contribution in [0.25, 0.3) is 0 Å². The molecule has 0 unspecified atom stereocenters. The van der Waals surface area contributed by atoms with E-state index < -0.39 is 5.60 Å². The van der Waals surface area contributed by atoms with Gasteiger partial charge in [-0.25, -0.2) is 0 Å². The summed E-state index contributed by atoms with van der Waals surface area (Å²) in [5, 5.41) is 13.9. The maximum Gasteiger partial charge on any atom is 0.123 e. The molecule has 3 heteroatoms. The molecule has 112 valence electrons. The van der Waals surface area contributed by atoms with Crippen LogP contribution in [0.3, 0.4) is 0 Å². The third-order valence-electron chi connectivity index (χ3n) is 4.00. The number of rotatable bonds is 7. The van der Waals surface area contributed by atoms with E-state index >= 15 is 0 Å². The molecule has 0 aliphatic heterocycles. The van der Waals surface area contributed by atoms with Crippen molar-refractivity contribution in [3.05, 3.63) is 29.8 Å². The summed E-state index contributed by atoms with van der Waals surface area (Å²) in [5.74, 6) is 0.898. The van der Waals surface area contributed by atoms with E-state index in [-0.39, 0.29) is 0 Å². The molecule has 0 aromatic heterocycles. The molecule has 2 N–H and O–H groups in total. The molecule has 1 aliphatic carbocycles. The predicted octanol–water partition coefficient (Wildman–Crippen LogP) is 3.26. The van der Waals surface area contributed by atoms with Gasteiger partial charge < -0.3 is 15.2 Å². The van der Waals surface area contributed by atoms with E-state index in [9.17, 15) is 5.11 Å². The van der Waals surface area contributed by atoms with Crippen LogP contribution in [0.5, 0.6) is 5.75 Å². The molecule has 0 saturated heterocycles. The van der Waals surface area contributed by atoms with Crippen LogP contribution in [0, 0.1) is 0 Å². The molecule has 0 amide bonds. The highest BCUT2D eigenvalue weighted by Gasteiger charge is 2.30. The summed E-state index contributed by atoms with van der Waals surface area (Å²) >= 11 is 0. The normalized spacial score (nSPS) is 17.9. The maximum absolute atomic E-state index is 10.5. The summed E-state index contributed by atoms with van der Waals surface area (Å²) < 4.78 is 5.92. The molecular formula is C17H27NO2. The van der Waals surface area contributed by atoms with Gasteiger partial charge in [0, 0.05) is 12.1 Å². The largest absolute Gasteiger partial charge is 0.490 e. The molecular weight excluding hydrogens is 250 g/mol.